The van der Waals surface area contributed by atoms with E-state index in [-0.39, 0.29) is 5.25 Å². The van der Waals surface area contributed by atoms with Gasteiger partial charge in [-0.3, -0.25) is 0 Å². The van der Waals surface area contributed by atoms with Gasteiger partial charge in [-0.05, 0) is 23.8 Å². The predicted molar refractivity (Wildman–Crippen MR) is 113 cm³/mol. The summed E-state index contributed by atoms with van der Waals surface area (Å²) in [7, 11) is 0. The monoisotopic (exact) mass is 388 g/mol. The zero-order chi connectivity index (χ0) is 18.2. The average Bonchev–Trinajstić information content (AvgIpc) is 3.06. The maximum Gasteiger partial charge on any atom is 0.115 e. The molecule has 1 aromatic heterocycles. The van der Waals surface area contributed by atoms with Crippen LogP contribution < -0.4 is 0 Å². The molecule has 4 aromatic rings. The Morgan fingerprint density at radius 3 is 2.48 bits per heavy atom. The first-order chi connectivity index (χ1) is 13.3. The van der Waals surface area contributed by atoms with Crippen LogP contribution in [0.25, 0.3) is 16.9 Å². The lowest BCUT2D eigenvalue weighted by Gasteiger charge is -2.15. The van der Waals surface area contributed by atoms with Crippen LogP contribution in [0.3, 0.4) is 0 Å². The van der Waals surface area contributed by atoms with Gasteiger partial charge in [-0.25, -0.2) is 4.98 Å². The number of halogens is 1. The minimum Gasteiger partial charge on any atom is -0.302 e. The van der Waals surface area contributed by atoms with Gasteiger partial charge in [0.15, 0.2) is 0 Å². The van der Waals surface area contributed by atoms with E-state index in [0.29, 0.717) is 0 Å². The Bertz CT molecular complexity index is 1100. The topological polar surface area (TPSA) is 17.8 Å². The molecule has 0 saturated heterocycles. The van der Waals surface area contributed by atoms with Gasteiger partial charge in [0.1, 0.15) is 5.82 Å². The Morgan fingerprint density at radius 2 is 1.63 bits per heavy atom. The van der Waals surface area contributed by atoms with Crippen LogP contribution >= 0.6 is 23.4 Å². The fourth-order valence-electron chi connectivity index (χ4n) is 3.55. The summed E-state index contributed by atoms with van der Waals surface area (Å²) in [4.78, 5) is 6.24. The molecule has 0 amide bonds. The first kappa shape index (κ1) is 16.7. The molecule has 1 aliphatic heterocycles. The number of thioether (sulfide) groups is 1. The highest BCUT2D eigenvalue weighted by Crippen LogP contribution is 2.45. The summed E-state index contributed by atoms with van der Waals surface area (Å²) < 4.78 is 2.24. The number of para-hydroxylation sites is 1. The molecule has 0 radical (unpaired) electrons. The van der Waals surface area contributed by atoms with E-state index in [2.05, 4.69) is 71.4 Å². The number of imidazole rings is 1. The molecule has 2 heterocycles. The zero-order valence-corrected chi connectivity index (χ0v) is 16.1. The molecule has 0 saturated carbocycles. The summed E-state index contributed by atoms with van der Waals surface area (Å²) in [5.41, 5.74) is 4.49. The van der Waals surface area contributed by atoms with Crippen molar-refractivity contribution in [1.82, 2.24) is 9.55 Å². The Labute approximate surface area is 167 Å². The standard InChI is InChI=1S/C23H17ClN2S/c24-18-11-5-4-10-17(18)22-14-23-25-19(16-8-2-1-3-9-16)15-26(23)20-12-6-7-13-21(20)27-22/h1-13,15,22H,14H2. The molecule has 0 spiro atoms. The van der Waals surface area contributed by atoms with Gasteiger partial charge in [0.2, 0.25) is 0 Å². The van der Waals surface area contributed by atoms with Crippen molar-refractivity contribution >= 4 is 23.4 Å². The molecule has 1 atom stereocenters. The molecule has 0 aliphatic carbocycles. The molecule has 0 N–H and O–H groups in total. The van der Waals surface area contributed by atoms with E-state index in [1.54, 1.807) is 0 Å². The van der Waals surface area contributed by atoms with Crippen LogP contribution in [-0.2, 0) is 6.42 Å². The summed E-state index contributed by atoms with van der Waals surface area (Å²) >= 11 is 8.39. The number of hydrogen-bond donors (Lipinski definition) is 0. The highest BCUT2D eigenvalue weighted by molar-refractivity contribution is 7.99. The predicted octanol–water partition coefficient (Wildman–Crippen LogP) is 6.58. The molecule has 2 nitrogen and oxygen atoms in total. The zero-order valence-electron chi connectivity index (χ0n) is 14.5. The third-order valence-electron chi connectivity index (χ3n) is 4.86. The molecule has 1 aliphatic rings. The quantitative estimate of drug-likeness (QED) is 0.386. The molecule has 132 valence electrons. The van der Waals surface area contributed by atoms with Crippen LogP contribution in [0.5, 0.6) is 0 Å². The maximum absolute atomic E-state index is 6.53. The van der Waals surface area contributed by atoms with Crippen LogP contribution in [0.1, 0.15) is 16.6 Å². The fraction of sp³-hybridized carbons (Fsp3) is 0.0870. The Hall–Kier alpha value is -2.49. The molecule has 3 aromatic carbocycles. The van der Waals surface area contributed by atoms with Gasteiger partial charge in [-0.15, -0.1) is 11.8 Å². The van der Waals surface area contributed by atoms with E-state index in [0.717, 1.165) is 34.1 Å². The van der Waals surface area contributed by atoms with Gasteiger partial charge < -0.3 is 4.57 Å². The lowest BCUT2D eigenvalue weighted by atomic mass is 10.1. The number of benzene rings is 3. The molecule has 1 unspecified atom stereocenters. The van der Waals surface area contributed by atoms with E-state index in [9.17, 15) is 0 Å². The lowest BCUT2D eigenvalue weighted by Crippen LogP contribution is -2.03. The molecule has 4 heteroatoms. The second kappa shape index (κ2) is 6.91. The first-order valence-electron chi connectivity index (χ1n) is 8.94. The number of nitrogens with zero attached hydrogens (tertiary/aromatic N) is 2. The van der Waals surface area contributed by atoms with Crippen LogP contribution in [-0.4, -0.2) is 9.55 Å². The second-order valence-corrected chi connectivity index (χ2v) is 8.23. The van der Waals surface area contributed by atoms with Gasteiger partial charge in [-0.2, -0.15) is 0 Å². The highest BCUT2D eigenvalue weighted by atomic mass is 35.5. The van der Waals surface area contributed by atoms with Crippen molar-refractivity contribution in [2.45, 2.75) is 16.6 Å². The first-order valence-corrected chi connectivity index (χ1v) is 10.2. The second-order valence-electron chi connectivity index (χ2n) is 6.58. The minimum absolute atomic E-state index is 0.229. The van der Waals surface area contributed by atoms with E-state index in [1.807, 2.05) is 30.0 Å². The SMILES string of the molecule is Clc1ccccc1C1Cc2nc(-c3ccccc3)cn2-c2ccccc2S1. The van der Waals surface area contributed by atoms with Crippen molar-refractivity contribution in [3.63, 3.8) is 0 Å². The van der Waals surface area contributed by atoms with E-state index in [1.165, 1.54) is 10.6 Å². The highest BCUT2D eigenvalue weighted by Gasteiger charge is 2.26. The van der Waals surface area contributed by atoms with E-state index in [4.69, 9.17) is 16.6 Å². The van der Waals surface area contributed by atoms with Crippen molar-refractivity contribution in [3.8, 4) is 16.9 Å². The summed E-state index contributed by atoms with van der Waals surface area (Å²) in [6.07, 6.45) is 2.98. The van der Waals surface area contributed by atoms with Crippen molar-refractivity contribution < 1.29 is 0 Å². The number of hydrogen-bond acceptors (Lipinski definition) is 2. The van der Waals surface area contributed by atoms with Crippen LogP contribution in [0, 0.1) is 0 Å². The van der Waals surface area contributed by atoms with Crippen molar-refractivity contribution in [2.24, 2.45) is 0 Å². The molecule has 0 bridgehead atoms. The van der Waals surface area contributed by atoms with Crippen molar-refractivity contribution in [3.05, 3.63) is 101 Å². The summed E-state index contributed by atoms with van der Waals surface area (Å²) in [6, 6.07) is 27.0. The van der Waals surface area contributed by atoms with Gasteiger partial charge in [-0.1, -0.05) is 72.3 Å². The van der Waals surface area contributed by atoms with Crippen molar-refractivity contribution in [2.75, 3.05) is 0 Å². The van der Waals surface area contributed by atoms with Crippen LogP contribution in [0.15, 0.2) is 90.0 Å². The third-order valence-corrected chi connectivity index (χ3v) is 6.51. The molecule has 5 rings (SSSR count). The normalized spacial score (nSPS) is 15.7. The van der Waals surface area contributed by atoms with Gasteiger partial charge in [0.05, 0.1) is 11.4 Å². The smallest absolute Gasteiger partial charge is 0.115 e. The van der Waals surface area contributed by atoms with Crippen LogP contribution in [0.4, 0.5) is 0 Å². The van der Waals surface area contributed by atoms with Gasteiger partial charge in [0.25, 0.3) is 0 Å². The third kappa shape index (κ3) is 3.07. The van der Waals surface area contributed by atoms with E-state index >= 15 is 0 Å². The molecular weight excluding hydrogens is 372 g/mol. The van der Waals surface area contributed by atoms with Gasteiger partial charge >= 0.3 is 0 Å². The minimum atomic E-state index is 0.229. The van der Waals surface area contributed by atoms with Crippen LogP contribution in [0.2, 0.25) is 5.02 Å². The number of rotatable bonds is 2. The summed E-state index contributed by atoms with van der Waals surface area (Å²) in [6.45, 7) is 0. The largest absolute Gasteiger partial charge is 0.302 e. The molecule has 27 heavy (non-hydrogen) atoms. The Morgan fingerprint density at radius 1 is 0.889 bits per heavy atom. The number of aromatic nitrogens is 2. The van der Waals surface area contributed by atoms with E-state index < -0.39 is 0 Å². The lowest BCUT2D eigenvalue weighted by molar-refractivity contribution is 0.824. The maximum atomic E-state index is 6.53. The van der Waals surface area contributed by atoms with Gasteiger partial charge in [0, 0.05) is 33.3 Å². The fourth-order valence-corrected chi connectivity index (χ4v) is 5.19. The molecule has 0 fully saturated rings. The summed E-state index contributed by atoms with van der Waals surface area (Å²) in [5.74, 6) is 1.07. The number of fused-ring (bicyclic) bond motifs is 3. The molecular formula is C23H17ClN2S. The van der Waals surface area contributed by atoms with Crippen molar-refractivity contribution in [1.29, 1.82) is 0 Å². The average molecular weight is 389 g/mol. The Kier molecular flexibility index (Phi) is 4.27. The summed E-state index contributed by atoms with van der Waals surface area (Å²) in [5, 5.41) is 1.04. The Balaban J connectivity index is 1.66.